The number of rotatable bonds is 3. The minimum atomic E-state index is -0.885. The van der Waals surface area contributed by atoms with E-state index in [1.54, 1.807) is 12.1 Å². The molecule has 3 heteroatoms. The van der Waals surface area contributed by atoms with E-state index >= 15 is 0 Å². The first-order chi connectivity index (χ1) is 6.85. The zero-order valence-corrected chi connectivity index (χ0v) is 9.61. The number of hydrogen-bond acceptors (Lipinski definition) is 2. The van der Waals surface area contributed by atoms with Crippen LogP contribution in [-0.2, 0) is 5.54 Å². The lowest BCUT2D eigenvalue weighted by Gasteiger charge is -2.33. The lowest BCUT2D eigenvalue weighted by Crippen LogP contribution is -2.35. The summed E-state index contributed by atoms with van der Waals surface area (Å²) in [6.45, 7) is 4.20. The summed E-state index contributed by atoms with van der Waals surface area (Å²) < 4.78 is 0. The lowest BCUT2D eigenvalue weighted by molar-refractivity contribution is 0.0696. The van der Waals surface area contributed by atoms with E-state index in [9.17, 15) is 4.79 Å². The number of aromatic carboxylic acids is 1. The van der Waals surface area contributed by atoms with Gasteiger partial charge in [-0.25, -0.2) is 4.79 Å². The molecule has 15 heavy (non-hydrogen) atoms. The van der Waals surface area contributed by atoms with Gasteiger partial charge >= 0.3 is 5.97 Å². The maximum atomic E-state index is 10.7. The molecule has 0 heterocycles. The SMILES string of the molecule is CN(C)C(C)(C)c1ccc(C(=O)O)cc1. The molecule has 0 fully saturated rings. The quantitative estimate of drug-likeness (QED) is 0.825. The fraction of sp³-hybridized carbons (Fsp3) is 0.417. The molecule has 0 aliphatic rings. The van der Waals surface area contributed by atoms with Crippen molar-refractivity contribution in [1.29, 1.82) is 0 Å². The van der Waals surface area contributed by atoms with Crippen molar-refractivity contribution in [3.8, 4) is 0 Å². The van der Waals surface area contributed by atoms with Gasteiger partial charge in [0.2, 0.25) is 0 Å². The smallest absolute Gasteiger partial charge is 0.335 e. The third-order valence-corrected chi connectivity index (χ3v) is 2.96. The Hall–Kier alpha value is -1.35. The summed E-state index contributed by atoms with van der Waals surface area (Å²) in [6, 6.07) is 7.01. The first kappa shape index (κ1) is 11.7. The largest absolute Gasteiger partial charge is 0.478 e. The maximum absolute atomic E-state index is 10.7. The molecule has 0 aliphatic carbocycles. The van der Waals surface area contributed by atoms with Crippen LogP contribution in [0.4, 0.5) is 0 Å². The number of carboxylic acid groups (broad SMARTS) is 1. The van der Waals surface area contributed by atoms with Crippen LogP contribution in [0.2, 0.25) is 0 Å². The van der Waals surface area contributed by atoms with E-state index in [1.807, 2.05) is 26.2 Å². The van der Waals surface area contributed by atoms with E-state index in [1.165, 1.54) is 0 Å². The second kappa shape index (κ2) is 4.03. The van der Waals surface area contributed by atoms with Gasteiger partial charge in [0.1, 0.15) is 0 Å². The van der Waals surface area contributed by atoms with Gasteiger partial charge in [0, 0.05) is 5.54 Å². The van der Waals surface area contributed by atoms with Crippen LogP contribution < -0.4 is 0 Å². The Morgan fingerprint density at radius 1 is 1.20 bits per heavy atom. The minimum Gasteiger partial charge on any atom is -0.478 e. The summed E-state index contributed by atoms with van der Waals surface area (Å²) in [6.07, 6.45) is 0. The predicted molar refractivity (Wildman–Crippen MR) is 60.1 cm³/mol. The van der Waals surface area contributed by atoms with Crippen LogP contribution >= 0.6 is 0 Å². The summed E-state index contributed by atoms with van der Waals surface area (Å²) >= 11 is 0. The average molecular weight is 207 g/mol. The summed E-state index contributed by atoms with van der Waals surface area (Å²) in [4.78, 5) is 12.8. The number of carbonyl (C=O) groups is 1. The Kier molecular flexibility index (Phi) is 3.15. The van der Waals surface area contributed by atoms with Gasteiger partial charge < -0.3 is 10.0 Å². The van der Waals surface area contributed by atoms with Crippen molar-refractivity contribution in [3.05, 3.63) is 35.4 Å². The fourth-order valence-corrected chi connectivity index (χ4v) is 1.28. The third-order valence-electron chi connectivity index (χ3n) is 2.96. The van der Waals surface area contributed by atoms with E-state index in [2.05, 4.69) is 18.7 Å². The van der Waals surface area contributed by atoms with E-state index in [-0.39, 0.29) is 5.54 Å². The van der Waals surface area contributed by atoms with Crippen molar-refractivity contribution in [2.24, 2.45) is 0 Å². The molecular weight excluding hydrogens is 190 g/mol. The minimum absolute atomic E-state index is 0.0863. The summed E-state index contributed by atoms with van der Waals surface area (Å²) in [5.41, 5.74) is 1.35. The standard InChI is InChI=1S/C12H17NO2/c1-12(2,13(3)4)10-7-5-9(6-8-10)11(14)15/h5-8H,1-4H3,(H,14,15). The highest BCUT2D eigenvalue weighted by molar-refractivity contribution is 5.87. The molecule has 0 radical (unpaired) electrons. The Morgan fingerprint density at radius 2 is 1.67 bits per heavy atom. The first-order valence-corrected chi connectivity index (χ1v) is 4.87. The molecule has 1 rings (SSSR count). The Labute approximate surface area is 90.3 Å². The van der Waals surface area contributed by atoms with Crippen LogP contribution in [-0.4, -0.2) is 30.1 Å². The van der Waals surface area contributed by atoms with Gasteiger partial charge in [-0.15, -0.1) is 0 Å². The van der Waals surface area contributed by atoms with E-state index < -0.39 is 5.97 Å². The lowest BCUT2D eigenvalue weighted by atomic mass is 9.92. The van der Waals surface area contributed by atoms with Gasteiger partial charge in [-0.05, 0) is 45.6 Å². The monoisotopic (exact) mass is 207 g/mol. The van der Waals surface area contributed by atoms with Crippen molar-refractivity contribution >= 4 is 5.97 Å². The van der Waals surface area contributed by atoms with Gasteiger partial charge in [-0.1, -0.05) is 12.1 Å². The van der Waals surface area contributed by atoms with Gasteiger partial charge in [0.25, 0.3) is 0 Å². The molecule has 1 aromatic carbocycles. The number of benzene rings is 1. The molecule has 3 nitrogen and oxygen atoms in total. The molecule has 0 unspecified atom stereocenters. The highest BCUT2D eigenvalue weighted by Crippen LogP contribution is 2.25. The Bertz CT molecular complexity index is 352. The highest BCUT2D eigenvalue weighted by atomic mass is 16.4. The summed E-state index contributed by atoms with van der Waals surface area (Å²) in [5.74, 6) is -0.885. The molecule has 1 aromatic rings. The predicted octanol–water partition coefficient (Wildman–Crippen LogP) is 2.18. The van der Waals surface area contributed by atoms with Crippen molar-refractivity contribution < 1.29 is 9.90 Å². The van der Waals surface area contributed by atoms with Gasteiger partial charge in [-0.3, -0.25) is 0 Å². The molecular formula is C12H17NO2. The molecule has 0 saturated carbocycles. The van der Waals surface area contributed by atoms with Crippen molar-refractivity contribution in [2.45, 2.75) is 19.4 Å². The van der Waals surface area contributed by atoms with Crippen molar-refractivity contribution in [1.82, 2.24) is 4.90 Å². The van der Waals surface area contributed by atoms with Crippen molar-refractivity contribution in [3.63, 3.8) is 0 Å². The molecule has 0 atom stereocenters. The van der Waals surface area contributed by atoms with Crippen molar-refractivity contribution in [2.75, 3.05) is 14.1 Å². The van der Waals surface area contributed by atoms with Crippen LogP contribution in [0, 0.1) is 0 Å². The molecule has 0 amide bonds. The van der Waals surface area contributed by atoms with E-state index in [4.69, 9.17) is 5.11 Å². The molecule has 0 spiro atoms. The molecule has 0 aromatic heterocycles. The van der Waals surface area contributed by atoms with E-state index in [0.717, 1.165) is 5.56 Å². The highest BCUT2D eigenvalue weighted by Gasteiger charge is 2.22. The van der Waals surface area contributed by atoms with Crippen LogP contribution in [0.3, 0.4) is 0 Å². The van der Waals surface area contributed by atoms with Crippen LogP contribution in [0.5, 0.6) is 0 Å². The fourth-order valence-electron chi connectivity index (χ4n) is 1.28. The zero-order valence-electron chi connectivity index (χ0n) is 9.61. The summed E-state index contributed by atoms with van der Waals surface area (Å²) in [5, 5.41) is 8.78. The Morgan fingerprint density at radius 3 is 2.00 bits per heavy atom. The third kappa shape index (κ3) is 2.36. The topological polar surface area (TPSA) is 40.5 Å². The number of carboxylic acids is 1. The molecule has 0 aliphatic heterocycles. The molecule has 1 N–H and O–H groups in total. The van der Waals surface area contributed by atoms with Gasteiger partial charge in [0.05, 0.1) is 5.56 Å². The van der Waals surface area contributed by atoms with E-state index in [0.29, 0.717) is 5.56 Å². The molecule has 82 valence electrons. The van der Waals surface area contributed by atoms with Crippen LogP contribution in [0.25, 0.3) is 0 Å². The number of hydrogen-bond donors (Lipinski definition) is 1. The maximum Gasteiger partial charge on any atom is 0.335 e. The van der Waals surface area contributed by atoms with Crippen LogP contribution in [0.1, 0.15) is 29.8 Å². The van der Waals surface area contributed by atoms with Gasteiger partial charge in [0.15, 0.2) is 0 Å². The zero-order chi connectivity index (χ0) is 11.6. The first-order valence-electron chi connectivity index (χ1n) is 4.87. The normalized spacial score (nSPS) is 11.8. The summed E-state index contributed by atoms with van der Waals surface area (Å²) in [7, 11) is 4.01. The molecule has 0 bridgehead atoms. The van der Waals surface area contributed by atoms with Crippen LogP contribution in [0.15, 0.2) is 24.3 Å². The average Bonchev–Trinajstić information content (AvgIpc) is 2.17. The second-order valence-electron chi connectivity index (χ2n) is 4.34. The second-order valence-corrected chi connectivity index (χ2v) is 4.34. The molecule has 0 saturated heterocycles. The van der Waals surface area contributed by atoms with Gasteiger partial charge in [-0.2, -0.15) is 0 Å². The number of nitrogens with zero attached hydrogens (tertiary/aromatic N) is 1. The Balaban J connectivity index is 3.04.